The third-order valence-electron chi connectivity index (χ3n) is 1.29. The van der Waals surface area contributed by atoms with Gasteiger partial charge >= 0.3 is 0 Å². The molecule has 68 valence electrons. The standard InChI is InChI=1S/C7H2BrF3N2/c8-4-1-5(9)13-6(7(10)11)3(4)2-12/h1,7H. The second-order valence-corrected chi connectivity index (χ2v) is 2.95. The van der Waals surface area contributed by atoms with Crippen LogP contribution in [0, 0.1) is 17.3 Å². The number of hydrogen-bond acceptors (Lipinski definition) is 2. The lowest BCUT2D eigenvalue weighted by molar-refractivity contribution is 0.144. The summed E-state index contributed by atoms with van der Waals surface area (Å²) in [4.78, 5) is 2.94. The van der Waals surface area contributed by atoms with Gasteiger partial charge in [0.05, 0.1) is 5.56 Å². The van der Waals surface area contributed by atoms with E-state index in [1.807, 2.05) is 0 Å². The normalized spacial score (nSPS) is 10.2. The zero-order valence-corrected chi connectivity index (χ0v) is 7.65. The van der Waals surface area contributed by atoms with Crippen LogP contribution in [0.15, 0.2) is 10.5 Å². The molecule has 0 fully saturated rings. The molecular weight excluding hydrogens is 249 g/mol. The summed E-state index contributed by atoms with van der Waals surface area (Å²) >= 11 is 2.79. The highest BCUT2D eigenvalue weighted by Crippen LogP contribution is 2.26. The molecule has 0 aromatic carbocycles. The molecule has 0 spiro atoms. The van der Waals surface area contributed by atoms with Crippen LogP contribution in [0.3, 0.4) is 0 Å². The maximum absolute atomic E-state index is 12.5. The molecule has 0 aliphatic rings. The molecule has 2 nitrogen and oxygen atoms in total. The Morgan fingerprint density at radius 2 is 2.15 bits per heavy atom. The summed E-state index contributed by atoms with van der Waals surface area (Å²) in [7, 11) is 0. The Labute approximate surface area is 80.1 Å². The highest BCUT2D eigenvalue weighted by molar-refractivity contribution is 9.10. The van der Waals surface area contributed by atoms with Crippen LogP contribution in [0.1, 0.15) is 17.7 Å². The average Bonchev–Trinajstić information content (AvgIpc) is 2.02. The molecule has 0 atom stereocenters. The molecule has 0 N–H and O–H groups in total. The van der Waals surface area contributed by atoms with Crippen LogP contribution in [0.2, 0.25) is 0 Å². The van der Waals surface area contributed by atoms with Gasteiger partial charge in [0, 0.05) is 10.5 Å². The number of hydrogen-bond donors (Lipinski definition) is 0. The molecule has 0 unspecified atom stereocenters. The van der Waals surface area contributed by atoms with E-state index >= 15 is 0 Å². The quantitative estimate of drug-likeness (QED) is 0.719. The minimum atomic E-state index is -2.96. The van der Waals surface area contributed by atoms with Crippen molar-refractivity contribution in [2.24, 2.45) is 0 Å². The fourth-order valence-corrected chi connectivity index (χ4v) is 1.25. The van der Waals surface area contributed by atoms with Crippen LogP contribution in [0.4, 0.5) is 13.2 Å². The number of aromatic nitrogens is 1. The maximum Gasteiger partial charge on any atom is 0.281 e. The lowest BCUT2D eigenvalue weighted by atomic mass is 10.2. The van der Waals surface area contributed by atoms with Crippen LogP contribution in [-0.2, 0) is 0 Å². The largest absolute Gasteiger partial charge is 0.281 e. The molecule has 1 rings (SSSR count). The molecule has 6 heteroatoms. The van der Waals surface area contributed by atoms with Gasteiger partial charge in [-0.1, -0.05) is 0 Å². The first-order chi connectivity index (χ1) is 6.06. The summed E-state index contributed by atoms with van der Waals surface area (Å²) in [5.74, 6) is -1.04. The summed E-state index contributed by atoms with van der Waals surface area (Å²) in [6.45, 7) is 0. The van der Waals surface area contributed by atoms with Crippen molar-refractivity contribution < 1.29 is 13.2 Å². The highest BCUT2D eigenvalue weighted by Gasteiger charge is 2.18. The molecule has 1 heterocycles. The summed E-state index contributed by atoms with van der Waals surface area (Å²) in [5, 5.41) is 8.46. The average molecular weight is 251 g/mol. The van der Waals surface area contributed by atoms with Gasteiger partial charge in [-0.2, -0.15) is 9.65 Å². The molecule has 0 amide bonds. The van der Waals surface area contributed by atoms with Gasteiger partial charge in [0.2, 0.25) is 5.95 Å². The van der Waals surface area contributed by atoms with E-state index in [4.69, 9.17) is 5.26 Å². The molecule has 0 saturated carbocycles. The van der Waals surface area contributed by atoms with Gasteiger partial charge in [-0.15, -0.1) is 0 Å². The molecule has 1 aromatic heterocycles. The van der Waals surface area contributed by atoms with Crippen molar-refractivity contribution in [3.63, 3.8) is 0 Å². The van der Waals surface area contributed by atoms with Crippen LogP contribution >= 0.6 is 15.9 Å². The van der Waals surface area contributed by atoms with Crippen molar-refractivity contribution in [3.05, 3.63) is 27.7 Å². The fourth-order valence-electron chi connectivity index (χ4n) is 0.771. The van der Waals surface area contributed by atoms with E-state index < -0.39 is 18.1 Å². The van der Waals surface area contributed by atoms with E-state index in [1.165, 1.54) is 6.07 Å². The van der Waals surface area contributed by atoms with E-state index in [2.05, 4.69) is 20.9 Å². The zero-order chi connectivity index (χ0) is 10.0. The number of nitriles is 1. The first-order valence-electron chi connectivity index (χ1n) is 3.10. The Morgan fingerprint density at radius 1 is 1.54 bits per heavy atom. The van der Waals surface area contributed by atoms with E-state index in [-0.39, 0.29) is 10.0 Å². The van der Waals surface area contributed by atoms with Gasteiger partial charge in [0.15, 0.2) is 0 Å². The van der Waals surface area contributed by atoms with Crippen molar-refractivity contribution in [2.45, 2.75) is 6.43 Å². The number of nitrogens with zero attached hydrogens (tertiary/aromatic N) is 2. The van der Waals surface area contributed by atoms with Crippen molar-refractivity contribution in [1.82, 2.24) is 4.98 Å². The first kappa shape index (κ1) is 9.99. The summed E-state index contributed by atoms with van der Waals surface area (Å²) in [6, 6.07) is 2.38. The number of rotatable bonds is 1. The Balaban J connectivity index is 3.41. The van der Waals surface area contributed by atoms with E-state index in [0.717, 1.165) is 6.07 Å². The van der Waals surface area contributed by atoms with Crippen molar-refractivity contribution in [1.29, 1.82) is 5.26 Å². The minimum absolute atomic E-state index is 0.0159. The molecule has 0 bridgehead atoms. The van der Waals surface area contributed by atoms with Crippen molar-refractivity contribution in [3.8, 4) is 6.07 Å². The Hall–Kier alpha value is -1.09. The van der Waals surface area contributed by atoms with Gasteiger partial charge < -0.3 is 0 Å². The first-order valence-corrected chi connectivity index (χ1v) is 3.89. The second-order valence-electron chi connectivity index (χ2n) is 2.10. The predicted octanol–water partition coefficient (Wildman–Crippen LogP) is 2.79. The molecule has 1 aromatic rings. The lowest BCUT2D eigenvalue weighted by Gasteiger charge is -2.02. The van der Waals surface area contributed by atoms with Gasteiger partial charge in [-0.3, -0.25) is 0 Å². The zero-order valence-electron chi connectivity index (χ0n) is 6.06. The predicted molar refractivity (Wildman–Crippen MR) is 41.6 cm³/mol. The molecule has 0 radical (unpaired) electrons. The minimum Gasteiger partial charge on any atom is -0.217 e. The summed E-state index contributed by atoms with van der Waals surface area (Å²) in [5.41, 5.74) is -1.18. The fraction of sp³-hybridized carbons (Fsp3) is 0.143. The smallest absolute Gasteiger partial charge is 0.217 e. The number of alkyl halides is 2. The van der Waals surface area contributed by atoms with Crippen LogP contribution in [0.25, 0.3) is 0 Å². The number of pyridine rings is 1. The van der Waals surface area contributed by atoms with E-state index in [9.17, 15) is 13.2 Å². The lowest BCUT2D eigenvalue weighted by Crippen LogP contribution is -1.99. The molecular formula is C7H2BrF3N2. The molecule has 0 aliphatic carbocycles. The Bertz CT molecular complexity index is 373. The van der Waals surface area contributed by atoms with Gasteiger partial charge in [0.25, 0.3) is 6.43 Å². The van der Waals surface area contributed by atoms with Gasteiger partial charge in [-0.25, -0.2) is 13.8 Å². The Morgan fingerprint density at radius 3 is 2.62 bits per heavy atom. The topological polar surface area (TPSA) is 36.7 Å². The summed E-state index contributed by atoms with van der Waals surface area (Å²) in [6.07, 6.45) is -2.96. The Kier molecular flexibility index (Phi) is 2.88. The SMILES string of the molecule is N#Cc1c(Br)cc(F)nc1C(F)F. The second kappa shape index (κ2) is 3.75. The maximum atomic E-state index is 12.5. The summed E-state index contributed by atoms with van der Waals surface area (Å²) < 4.78 is 36.9. The van der Waals surface area contributed by atoms with E-state index in [0.29, 0.717) is 0 Å². The van der Waals surface area contributed by atoms with E-state index in [1.54, 1.807) is 0 Å². The molecule has 13 heavy (non-hydrogen) atoms. The highest BCUT2D eigenvalue weighted by atomic mass is 79.9. The molecule has 0 saturated heterocycles. The van der Waals surface area contributed by atoms with Crippen LogP contribution < -0.4 is 0 Å². The monoisotopic (exact) mass is 250 g/mol. The van der Waals surface area contributed by atoms with Crippen molar-refractivity contribution >= 4 is 15.9 Å². The third-order valence-corrected chi connectivity index (χ3v) is 1.91. The van der Waals surface area contributed by atoms with Crippen LogP contribution in [-0.4, -0.2) is 4.98 Å². The molecule has 0 aliphatic heterocycles. The third kappa shape index (κ3) is 1.98. The van der Waals surface area contributed by atoms with Gasteiger partial charge in [0.1, 0.15) is 11.8 Å². The van der Waals surface area contributed by atoms with Crippen molar-refractivity contribution in [2.75, 3.05) is 0 Å². The number of halogens is 4. The van der Waals surface area contributed by atoms with Crippen LogP contribution in [0.5, 0.6) is 0 Å². The van der Waals surface area contributed by atoms with Gasteiger partial charge in [-0.05, 0) is 15.9 Å².